The van der Waals surface area contributed by atoms with Gasteiger partial charge >= 0.3 is 6.18 Å². The Labute approximate surface area is 89.4 Å². The molecule has 0 aromatic heterocycles. The van der Waals surface area contributed by atoms with E-state index in [1.54, 1.807) is 0 Å². The molecule has 0 N–H and O–H groups in total. The number of alkyl halides is 5. The molecule has 1 aromatic carbocycles. The second-order valence-electron chi connectivity index (χ2n) is 3.43. The average molecular weight is 236 g/mol. The number of benzene rings is 1. The van der Waals surface area contributed by atoms with Gasteiger partial charge < -0.3 is 0 Å². The molecule has 0 aliphatic rings. The molecule has 0 aliphatic carbocycles. The summed E-state index contributed by atoms with van der Waals surface area (Å²) >= 11 is 0. The van der Waals surface area contributed by atoms with Crippen LogP contribution in [0.2, 0.25) is 0 Å². The normalized spacial score (nSPS) is 12.6. The highest BCUT2D eigenvalue weighted by molar-refractivity contribution is 5.51. The maximum absolute atomic E-state index is 12.9. The second kappa shape index (κ2) is 3.88. The molecule has 5 heteroatoms. The summed E-state index contributed by atoms with van der Waals surface area (Å²) in [5.74, 6) is -3.31. The van der Waals surface area contributed by atoms with E-state index in [4.69, 9.17) is 0 Å². The molecule has 0 nitrogen and oxygen atoms in total. The van der Waals surface area contributed by atoms with Crippen molar-refractivity contribution in [2.24, 2.45) is 0 Å². The van der Waals surface area contributed by atoms with Gasteiger partial charge in [-0.3, -0.25) is 0 Å². The predicted molar refractivity (Wildman–Crippen MR) is 51.1 cm³/mol. The van der Waals surface area contributed by atoms with Gasteiger partial charge in [-0.25, -0.2) is 8.78 Å². The second-order valence-corrected chi connectivity index (χ2v) is 3.43. The Bertz CT molecular complexity index is 366. The quantitative estimate of drug-likeness (QED) is 0.665. The van der Waals surface area contributed by atoms with Gasteiger partial charge in [0.2, 0.25) is 0 Å². The molecule has 0 aliphatic heterocycles. The Morgan fingerprint density at radius 2 is 1.50 bits per heavy atom. The Kier molecular flexibility index (Phi) is 3.08. The molecule has 0 fully saturated rings. The number of hydrogen-bond donors (Lipinski definition) is 0. The minimum Gasteiger partial charge on any atom is -0.202 e. The molecule has 0 radical (unpaired) electrons. The van der Waals surface area contributed by atoms with E-state index in [1.807, 2.05) is 0 Å². The fourth-order valence-corrected chi connectivity index (χ4v) is 1.19. The maximum atomic E-state index is 12.9. The van der Waals surface area contributed by atoms with Crippen molar-refractivity contribution in [3.8, 4) is 0 Å². The van der Waals surface area contributed by atoms with Crippen molar-refractivity contribution in [3.05, 3.63) is 41.5 Å². The summed E-state index contributed by atoms with van der Waals surface area (Å²) in [7, 11) is 0. The van der Waals surface area contributed by atoms with Crippen LogP contribution in [0.15, 0.2) is 24.8 Å². The van der Waals surface area contributed by atoms with E-state index in [0.717, 1.165) is 18.2 Å². The summed E-state index contributed by atoms with van der Waals surface area (Å²) in [6.45, 7) is 3.82. The van der Waals surface area contributed by atoms with Crippen molar-refractivity contribution < 1.29 is 22.0 Å². The topological polar surface area (TPSA) is 0 Å². The van der Waals surface area contributed by atoms with Crippen LogP contribution in [0.1, 0.15) is 23.6 Å². The zero-order valence-electron chi connectivity index (χ0n) is 8.41. The minimum absolute atomic E-state index is 0.0198. The van der Waals surface area contributed by atoms with Crippen molar-refractivity contribution in [2.75, 3.05) is 0 Å². The largest absolute Gasteiger partial charge is 0.416 e. The van der Waals surface area contributed by atoms with Gasteiger partial charge in [-0.2, -0.15) is 13.2 Å². The minimum atomic E-state index is -4.64. The lowest BCUT2D eigenvalue weighted by Gasteiger charge is -2.15. The van der Waals surface area contributed by atoms with E-state index in [1.165, 1.54) is 0 Å². The Morgan fingerprint density at radius 1 is 1.00 bits per heavy atom. The molecule has 0 saturated carbocycles. The first kappa shape index (κ1) is 12.7. The SMILES string of the molecule is C=Cc1cc(C(C)(F)F)cc(C(F)(F)F)c1. The number of hydrogen-bond acceptors (Lipinski definition) is 0. The Morgan fingerprint density at radius 3 is 1.88 bits per heavy atom. The zero-order valence-corrected chi connectivity index (χ0v) is 8.41. The lowest BCUT2D eigenvalue weighted by molar-refractivity contribution is -0.137. The van der Waals surface area contributed by atoms with E-state index in [9.17, 15) is 22.0 Å². The first-order valence-corrected chi connectivity index (χ1v) is 4.37. The third-order valence-corrected chi connectivity index (χ3v) is 2.03. The lowest BCUT2D eigenvalue weighted by Crippen LogP contribution is -2.12. The van der Waals surface area contributed by atoms with Gasteiger partial charge in [-0.05, 0) is 23.8 Å². The predicted octanol–water partition coefficient (Wildman–Crippen LogP) is 4.46. The summed E-state index contributed by atoms with van der Waals surface area (Å²) in [4.78, 5) is 0. The summed E-state index contributed by atoms with van der Waals surface area (Å²) < 4.78 is 63.1. The third kappa shape index (κ3) is 2.81. The molecule has 88 valence electrons. The molecule has 0 unspecified atom stereocenters. The molecule has 1 rings (SSSR count). The molecule has 0 atom stereocenters. The van der Waals surface area contributed by atoms with Crippen LogP contribution in [0.25, 0.3) is 6.08 Å². The van der Waals surface area contributed by atoms with Gasteiger partial charge in [-0.1, -0.05) is 12.7 Å². The third-order valence-electron chi connectivity index (χ3n) is 2.03. The highest BCUT2D eigenvalue weighted by atomic mass is 19.4. The molecule has 0 amide bonds. The summed E-state index contributed by atoms with van der Waals surface area (Å²) in [5.41, 5.74) is -1.75. The molecule has 1 aromatic rings. The van der Waals surface area contributed by atoms with Crippen LogP contribution in [0.5, 0.6) is 0 Å². The summed E-state index contributed by atoms with van der Waals surface area (Å²) in [6, 6.07) is 2.22. The van der Waals surface area contributed by atoms with Crippen molar-refractivity contribution in [1.82, 2.24) is 0 Å². The van der Waals surface area contributed by atoms with E-state index in [-0.39, 0.29) is 5.56 Å². The number of halogens is 5. The smallest absolute Gasteiger partial charge is 0.202 e. The standard InChI is InChI=1S/C11H9F5/c1-3-7-4-8(10(2,12)13)6-9(5-7)11(14,15)16/h3-6H,1H2,2H3. The van der Waals surface area contributed by atoms with Crippen LogP contribution in [0.4, 0.5) is 22.0 Å². The molecular formula is C11H9F5. The average Bonchev–Trinajstić information content (AvgIpc) is 2.14. The van der Waals surface area contributed by atoms with E-state index in [2.05, 4.69) is 6.58 Å². The fraction of sp³-hybridized carbons (Fsp3) is 0.273. The van der Waals surface area contributed by atoms with Gasteiger partial charge in [0.1, 0.15) is 0 Å². The highest BCUT2D eigenvalue weighted by Crippen LogP contribution is 2.35. The van der Waals surface area contributed by atoms with Gasteiger partial charge in [-0.15, -0.1) is 0 Å². The van der Waals surface area contributed by atoms with Crippen LogP contribution in [-0.2, 0) is 12.1 Å². The van der Waals surface area contributed by atoms with E-state index in [0.29, 0.717) is 13.0 Å². The van der Waals surface area contributed by atoms with Crippen molar-refractivity contribution in [1.29, 1.82) is 0 Å². The Balaban J connectivity index is 3.39. The van der Waals surface area contributed by atoms with Crippen LogP contribution in [-0.4, -0.2) is 0 Å². The van der Waals surface area contributed by atoms with Gasteiger partial charge in [0.05, 0.1) is 5.56 Å². The molecular weight excluding hydrogens is 227 g/mol. The van der Waals surface area contributed by atoms with Gasteiger partial charge in [0.15, 0.2) is 0 Å². The van der Waals surface area contributed by atoms with Crippen molar-refractivity contribution in [3.63, 3.8) is 0 Å². The molecule has 0 heterocycles. The summed E-state index contributed by atoms with van der Waals surface area (Å²) in [6.07, 6.45) is -3.54. The van der Waals surface area contributed by atoms with E-state index < -0.39 is 23.2 Å². The van der Waals surface area contributed by atoms with Crippen LogP contribution in [0.3, 0.4) is 0 Å². The lowest BCUT2D eigenvalue weighted by atomic mass is 10.0. The molecule has 0 bridgehead atoms. The first-order chi connectivity index (χ1) is 7.14. The first-order valence-electron chi connectivity index (χ1n) is 4.37. The Hall–Kier alpha value is -1.39. The van der Waals surface area contributed by atoms with Crippen LogP contribution < -0.4 is 0 Å². The van der Waals surface area contributed by atoms with Crippen molar-refractivity contribution >= 4 is 6.08 Å². The monoisotopic (exact) mass is 236 g/mol. The van der Waals surface area contributed by atoms with Crippen LogP contribution in [0, 0.1) is 0 Å². The van der Waals surface area contributed by atoms with Gasteiger partial charge in [0.25, 0.3) is 5.92 Å². The van der Waals surface area contributed by atoms with Crippen molar-refractivity contribution in [2.45, 2.75) is 19.0 Å². The molecule has 0 spiro atoms. The molecule has 16 heavy (non-hydrogen) atoms. The maximum Gasteiger partial charge on any atom is 0.416 e. The fourth-order valence-electron chi connectivity index (χ4n) is 1.19. The number of rotatable bonds is 2. The van der Waals surface area contributed by atoms with Gasteiger partial charge in [0, 0.05) is 12.5 Å². The van der Waals surface area contributed by atoms with E-state index >= 15 is 0 Å². The highest BCUT2D eigenvalue weighted by Gasteiger charge is 2.34. The van der Waals surface area contributed by atoms with Crippen LogP contribution >= 0.6 is 0 Å². The zero-order chi connectivity index (χ0) is 12.6. The summed E-state index contributed by atoms with van der Waals surface area (Å²) in [5, 5.41) is 0. The molecule has 0 saturated heterocycles.